The van der Waals surface area contributed by atoms with Crippen molar-refractivity contribution in [1.29, 1.82) is 0 Å². The van der Waals surface area contributed by atoms with Gasteiger partial charge in [0.1, 0.15) is 17.6 Å². The zero-order chi connectivity index (χ0) is 18.9. The van der Waals surface area contributed by atoms with E-state index in [0.29, 0.717) is 0 Å². The lowest BCUT2D eigenvalue weighted by molar-refractivity contribution is -0.172. The van der Waals surface area contributed by atoms with E-state index in [1.807, 2.05) is 0 Å². The van der Waals surface area contributed by atoms with Gasteiger partial charge in [0.05, 0.1) is 0 Å². The molecular formula is C22H42N2O2. The van der Waals surface area contributed by atoms with Gasteiger partial charge in [-0.25, -0.2) is 0 Å². The smallest absolute Gasteiger partial charge is 0.136 e. The Morgan fingerprint density at radius 2 is 1.15 bits per heavy atom. The Morgan fingerprint density at radius 1 is 0.731 bits per heavy atom. The lowest BCUT2D eigenvalue weighted by Crippen LogP contribution is -2.66. The molecular weight excluding hydrogens is 324 g/mol. The fourth-order valence-electron chi connectivity index (χ4n) is 6.11. The molecule has 1 unspecified atom stereocenters. The molecule has 0 aromatic carbocycles. The first-order chi connectivity index (χ1) is 12.2. The Labute approximate surface area is 160 Å². The van der Waals surface area contributed by atoms with Gasteiger partial charge in [-0.3, -0.25) is 5.32 Å². The lowest BCUT2D eigenvalue weighted by atomic mass is 9.72. The minimum absolute atomic E-state index is 0.0404. The monoisotopic (exact) mass is 366 g/mol. The molecule has 3 aliphatic rings. The van der Waals surface area contributed by atoms with Gasteiger partial charge >= 0.3 is 0 Å². The summed E-state index contributed by atoms with van der Waals surface area (Å²) < 4.78 is 6.90. The number of ether oxygens (including phenoxy) is 1. The molecule has 4 nitrogen and oxygen atoms in total. The van der Waals surface area contributed by atoms with Gasteiger partial charge in [-0.15, -0.1) is 0 Å². The van der Waals surface area contributed by atoms with Crippen LogP contribution in [0.4, 0.5) is 0 Å². The van der Waals surface area contributed by atoms with Crippen LogP contribution in [0.25, 0.3) is 0 Å². The van der Waals surface area contributed by atoms with Crippen LogP contribution in [0, 0.1) is 0 Å². The van der Waals surface area contributed by atoms with Gasteiger partial charge in [0.25, 0.3) is 0 Å². The molecule has 0 aromatic heterocycles. The number of piperidine rings is 1. The number of nitrogens with one attached hydrogen (secondary N) is 2. The third-order valence-electron chi connectivity index (χ3n) is 6.62. The molecule has 3 rings (SSSR count). The quantitative estimate of drug-likeness (QED) is 0.586. The van der Waals surface area contributed by atoms with Gasteiger partial charge in [-0.05, 0) is 66.2 Å². The van der Waals surface area contributed by atoms with Crippen LogP contribution in [0.2, 0.25) is 0 Å². The van der Waals surface area contributed by atoms with Gasteiger partial charge in [-0.1, -0.05) is 44.9 Å². The van der Waals surface area contributed by atoms with Crippen molar-refractivity contribution in [3.05, 3.63) is 0 Å². The Bertz CT molecular complexity index is 447. The van der Waals surface area contributed by atoms with Crippen molar-refractivity contribution in [3.8, 4) is 0 Å². The predicted octanol–water partition coefficient (Wildman–Crippen LogP) is 4.61. The maximum atomic E-state index is 11.1. The van der Waals surface area contributed by atoms with E-state index in [-0.39, 0.29) is 16.8 Å². The van der Waals surface area contributed by atoms with E-state index in [2.05, 4.69) is 38.3 Å². The Balaban J connectivity index is 1.76. The molecule has 1 saturated carbocycles. The summed E-state index contributed by atoms with van der Waals surface area (Å²) in [6.45, 7) is 8.94. The van der Waals surface area contributed by atoms with Crippen molar-refractivity contribution in [2.45, 2.75) is 140 Å². The zero-order valence-electron chi connectivity index (χ0n) is 17.6. The number of hydrogen-bond donors (Lipinski definition) is 3. The minimum atomic E-state index is -0.573. The summed E-state index contributed by atoms with van der Waals surface area (Å²) >= 11 is 0. The SMILES string of the molecule is CC1(C)CC2(CC(C)(C)N1)OC1(CCCCCCCCCCC1)NC2O. The number of rotatable bonds is 0. The summed E-state index contributed by atoms with van der Waals surface area (Å²) in [5.74, 6) is 0. The highest BCUT2D eigenvalue weighted by Crippen LogP contribution is 2.48. The molecule has 0 amide bonds. The van der Waals surface area contributed by atoms with Crippen LogP contribution in [-0.4, -0.2) is 33.7 Å². The van der Waals surface area contributed by atoms with Crippen LogP contribution in [0.1, 0.15) is 111 Å². The summed E-state index contributed by atoms with van der Waals surface area (Å²) in [6.07, 6.45) is 15.0. The van der Waals surface area contributed by atoms with E-state index in [1.165, 1.54) is 57.8 Å². The predicted molar refractivity (Wildman–Crippen MR) is 107 cm³/mol. The highest BCUT2D eigenvalue weighted by Gasteiger charge is 2.60. The molecule has 0 aromatic rings. The van der Waals surface area contributed by atoms with Crippen molar-refractivity contribution in [2.75, 3.05) is 0 Å². The molecule has 0 radical (unpaired) electrons. The van der Waals surface area contributed by atoms with Crippen LogP contribution >= 0.6 is 0 Å². The Hall–Kier alpha value is -0.160. The molecule has 3 N–H and O–H groups in total. The molecule has 26 heavy (non-hydrogen) atoms. The van der Waals surface area contributed by atoms with Gasteiger partial charge < -0.3 is 15.2 Å². The van der Waals surface area contributed by atoms with Gasteiger partial charge in [0, 0.05) is 11.1 Å². The second-order valence-corrected chi connectivity index (χ2v) is 10.6. The third-order valence-corrected chi connectivity index (χ3v) is 6.62. The van der Waals surface area contributed by atoms with E-state index < -0.39 is 11.8 Å². The first-order valence-corrected chi connectivity index (χ1v) is 11.1. The summed E-state index contributed by atoms with van der Waals surface area (Å²) in [4.78, 5) is 0. The normalized spacial score (nSPS) is 34.3. The van der Waals surface area contributed by atoms with Crippen molar-refractivity contribution < 1.29 is 9.84 Å². The third kappa shape index (κ3) is 4.81. The van der Waals surface area contributed by atoms with Crippen LogP contribution < -0.4 is 10.6 Å². The fourth-order valence-corrected chi connectivity index (χ4v) is 6.11. The second-order valence-electron chi connectivity index (χ2n) is 10.6. The topological polar surface area (TPSA) is 53.5 Å². The lowest BCUT2D eigenvalue weighted by Gasteiger charge is -2.52. The van der Waals surface area contributed by atoms with Gasteiger partial charge in [0.15, 0.2) is 0 Å². The molecule has 2 heterocycles. The Morgan fingerprint density at radius 3 is 1.62 bits per heavy atom. The van der Waals surface area contributed by atoms with Gasteiger partial charge in [0.2, 0.25) is 0 Å². The molecule has 3 fully saturated rings. The van der Waals surface area contributed by atoms with Crippen LogP contribution in [-0.2, 0) is 4.74 Å². The maximum absolute atomic E-state index is 11.1. The number of aliphatic hydroxyl groups is 1. The highest BCUT2D eigenvalue weighted by atomic mass is 16.6. The average molecular weight is 367 g/mol. The molecule has 152 valence electrons. The Kier molecular flexibility index (Phi) is 6.09. The van der Waals surface area contributed by atoms with E-state index in [9.17, 15) is 5.11 Å². The molecule has 2 aliphatic heterocycles. The molecule has 1 aliphatic carbocycles. The van der Waals surface area contributed by atoms with Crippen molar-refractivity contribution in [1.82, 2.24) is 10.6 Å². The molecule has 2 spiro atoms. The summed E-state index contributed by atoms with van der Waals surface area (Å²) in [7, 11) is 0. The van der Waals surface area contributed by atoms with Crippen LogP contribution in [0.5, 0.6) is 0 Å². The van der Waals surface area contributed by atoms with E-state index in [0.717, 1.165) is 25.7 Å². The average Bonchev–Trinajstić information content (AvgIpc) is 2.71. The van der Waals surface area contributed by atoms with E-state index in [4.69, 9.17) is 4.74 Å². The number of aliphatic hydroxyl groups excluding tert-OH is 1. The zero-order valence-corrected chi connectivity index (χ0v) is 17.6. The van der Waals surface area contributed by atoms with Crippen LogP contribution in [0.3, 0.4) is 0 Å². The molecule has 0 bridgehead atoms. The maximum Gasteiger partial charge on any atom is 0.136 e. The van der Waals surface area contributed by atoms with Crippen LogP contribution in [0.15, 0.2) is 0 Å². The summed E-state index contributed by atoms with van der Waals surface area (Å²) in [5.41, 5.74) is -0.889. The minimum Gasteiger partial charge on any atom is -0.375 e. The fraction of sp³-hybridized carbons (Fsp3) is 1.00. The van der Waals surface area contributed by atoms with Crippen molar-refractivity contribution in [2.24, 2.45) is 0 Å². The molecule has 4 heteroatoms. The first-order valence-electron chi connectivity index (χ1n) is 11.1. The first kappa shape index (κ1) is 20.6. The number of hydrogen-bond acceptors (Lipinski definition) is 4. The van der Waals surface area contributed by atoms with Crippen molar-refractivity contribution in [3.63, 3.8) is 0 Å². The van der Waals surface area contributed by atoms with E-state index in [1.54, 1.807) is 0 Å². The molecule has 2 saturated heterocycles. The van der Waals surface area contributed by atoms with E-state index >= 15 is 0 Å². The summed E-state index contributed by atoms with van der Waals surface area (Å²) in [6, 6.07) is 0. The molecule has 1 atom stereocenters. The second kappa shape index (κ2) is 7.69. The largest absolute Gasteiger partial charge is 0.375 e. The standard InChI is InChI=1S/C22H42N2O2/c1-19(2)16-21(17-20(3,4)24-19)18(25)23-22(26-21)14-12-10-8-6-5-7-9-11-13-15-22/h18,23-25H,5-17H2,1-4H3. The highest BCUT2D eigenvalue weighted by molar-refractivity contribution is 5.12. The van der Waals surface area contributed by atoms with Crippen molar-refractivity contribution >= 4 is 0 Å². The van der Waals surface area contributed by atoms with Gasteiger partial charge in [-0.2, -0.15) is 0 Å². The summed E-state index contributed by atoms with van der Waals surface area (Å²) in [5, 5.41) is 18.4.